The van der Waals surface area contributed by atoms with E-state index >= 15 is 0 Å². The van der Waals surface area contributed by atoms with E-state index in [9.17, 15) is 8.42 Å². The molecule has 0 aliphatic heterocycles. The molecule has 2 heterocycles. The van der Waals surface area contributed by atoms with Gasteiger partial charge in [0.25, 0.3) is 0 Å². The van der Waals surface area contributed by atoms with Crippen LogP contribution < -0.4 is 0 Å². The van der Waals surface area contributed by atoms with Gasteiger partial charge in [0.15, 0.2) is 14.9 Å². The van der Waals surface area contributed by atoms with Crippen LogP contribution in [0.15, 0.2) is 54.1 Å². The van der Waals surface area contributed by atoms with Crippen molar-refractivity contribution in [2.24, 2.45) is 0 Å². The fraction of sp³-hybridized carbons (Fsp3) is 0.0667. The molecule has 1 aromatic carbocycles. The number of sulfone groups is 1. The molecule has 2 aromatic heterocycles. The number of benzene rings is 1. The summed E-state index contributed by atoms with van der Waals surface area (Å²) < 4.78 is 24.7. The molecule has 8 heteroatoms. The lowest BCUT2D eigenvalue weighted by Crippen LogP contribution is -2.02. The minimum absolute atomic E-state index is 0.0208. The van der Waals surface area contributed by atoms with Crippen molar-refractivity contribution in [3.63, 3.8) is 0 Å². The summed E-state index contributed by atoms with van der Waals surface area (Å²) in [6.45, 7) is 0. The van der Waals surface area contributed by atoms with Crippen molar-refractivity contribution in [1.29, 1.82) is 0 Å². The van der Waals surface area contributed by atoms with Crippen molar-refractivity contribution < 1.29 is 8.42 Å². The van der Waals surface area contributed by atoms with Crippen LogP contribution in [0.25, 0.3) is 16.9 Å². The molecule has 0 bridgehead atoms. The SMILES string of the molecule is CS(=O)(=O)c1ccc(-n2cncc2-c2ccc(Cl)cc2Cl)cn1. The summed E-state index contributed by atoms with van der Waals surface area (Å²) in [6.07, 6.45) is 5.87. The maximum Gasteiger partial charge on any atom is 0.192 e. The third-order valence-corrected chi connectivity index (χ3v) is 4.77. The average Bonchev–Trinajstić information content (AvgIpc) is 2.95. The molecule has 0 aliphatic rings. The standard InChI is InChI=1S/C15H11Cl2N3O2S/c1-23(21,22)15-5-3-11(7-19-15)20-9-18-8-14(20)12-4-2-10(16)6-13(12)17/h2-9H,1H3. The smallest absolute Gasteiger partial charge is 0.192 e. The van der Waals surface area contributed by atoms with Crippen molar-refractivity contribution >= 4 is 33.0 Å². The van der Waals surface area contributed by atoms with Gasteiger partial charge in [-0.2, -0.15) is 0 Å². The van der Waals surface area contributed by atoms with Crippen LogP contribution in [0.4, 0.5) is 0 Å². The normalized spacial score (nSPS) is 11.6. The first-order valence-electron chi connectivity index (χ1n) is 6.50. The van der Waals surface area contributed by atoms with Crippen LogP contribution in [0.3, 0.4) is 0 Å². The van der Waals surface area contributed by atoms with Crippen LogP contribution in [-0.4, -0.2) is 29.2 Å². The molecule has 0 radical (unpaired) electrons. The first-order valence-corrected chi connectivity index (χ1v) is 9.15. The van der Waals surface area contributed by atoms with E-state index in [1.54, 1.807) is 41.4 Å². The zero-order valence-electron chi connectivity index (χ0n) is 11.9. The Balaban J connectivity index is 2.08. The number of hydrogen-bond acceptors (Lipinski definition) is 4. The number of aromatic nitrogens is 3. The Morgan fingerprint density at radius 3 is 2.48 bits per heavy atom. The van der Waals surface area contributed by atoms with E-state index in [1.165, 1.54) is 12.3 Å². The number of imidazole rings is 1. The third kappa shape index (κ3) is 3.24. The van der Waals surface area contributed by atoms with Crippen LogP contribution in [0.1, 0.15) is 0 Å². The van der Waals surface area contributed by atoms with Gasteiger partial charge in [-0.15, -0.1) is 0 Å². The average molecular weight is 368 g/mol. The van der Waals surface area contributed by atoms with Crippen molar-refractivity contribution in [3.8, 4) is 16.9 Å². The predicted octanol–water partition coefficient (Wildman–Crippen LogP) is 3.64. The zero-order valence-corrected chi connectivity index (χ0v) is 14.3. The summed E-state index contributed by atoms with van der Waals surface area (Å²) in [5.41, 5.74) is 2.19. The summed E-state index contributed by atoms with van der Waals surface area (Å²) in [7, 11) is -3.33. The highest BCUT2D eigenvalue weighted by Crippen LogP contribution is 2.31. The Labute approximate surface area is 143 Å². The molecule has 0 N–H and O–H groups in total. The van der Waals surface area contributed by atoms with Gasteiger partial charge in [0.1, 0.15) is 0 Å². The lowest BCUT2D eigenvalue weighted by molar-refractivity contribution is 0.598. The minimum Gasteiger partial charge on any atom is -0.297 e. The summed E-state index contributed by atoms with van der Waals surface area (Å²) in [5, 5.41) is 1.07. The van der Waals surface area contributed by atoms with E-state index in [0.717, 1.165) is 17.5 Å². The fourth-order valence-electron chi connectivity index (χ4n) is 2.13. The highest BCUT2D eigenvalue weighted by Gasteiger charge is 2.13. The predicted molar refractivity (Wildman–Crippen MR) is 89.9 cm³/mol. The Hall–Kier alpha value is -1.89. The number of halogens is 2. The summed E-state index contributed by atoms with van der Waals surface area (Å²) in [6, 6.07) is 8.32. The van der Waals surface area contributed by atoms with Gasteiger partial charge in [-0.05, 0) is 30.3 Å². The fourth-order valence-corrected chi connectivity index (χ4v) is 3.20. The molecule has 3 aromatic rings. The highest BCUT2D eigenvalue weighted by molar-refractivity contribution is 7.90. The zero-order chi connectivity index (χ0) is 16.6. The molecule has 0 fully saturated rings. The summed E-state index contributed by atoms with van der Waals surface area (Å²) >= 11 is 12.2. The largest absolute Gasteiger partial charge is 0.297 e. The number of pyridine rings is 1. The molecule has 0 aliphatic carbocycles. The molecular weight excluding hydrogens is 357 g/mol. The Morgan fingerprint density at radius 2 is 1.87 bits per heavy atom. The molecule has 0 unspecified atom stereocenters. The van der Waals surface area contributed by atoms with Crippen LogP contribution in [-0.2, 0) is 9.84 Å². The van der Waals surface area contributed by atoms with Gasteiger partial charge in [-0.3, -0.25) is 4.57 Å². The molecule has 23 heavy (non-hydrogen) atoms. The van der Waals surface area contributed by atoms with Gasteiger partial charge in [0, 0.05) is 16.8 Å². The molecule has 0 saturated carbocycles. The minimum atomic E-state index is -3.33. The van der Waals surface area contributed by atoms with Crippen LogP contribution in [0, 0.1) is 0 Å². The maximum atomic E-state index is 11.5. The molecular formula is C15H11Cl2N3O2S. The van der Waals surface area contributed by atoms with Crippen LogP contribution in [0.2, 0.25) is 10.0 Å². The Bertz CT molecular complexity index is 967. The lowest BCUT2D eigenvalue weighted by Gasteiger charge is -2.10. The van der Waals surface area contributed by atoms with E-state index < -0.39 is 9.84 Å². The van der Waals surface area contributed by atoms with Crippen molar-refractivity contribution in [2.75, 3.05) is 6.26 Å². The highest BCUT2D eigenvalue weighted by atomic mass is 35.5. The van der Waals surface area contributed by atoms with E-state index in [4.69, 9.17) is 23.2 Å². The second-order valence-electron chi connectivity index (χ2n) is 4.90. The van der Waals surface area contributed by atoms with Crippen LogP contribution >= 0.6 is 23.2 Å². The van der Waals surface area contributed by atoms with Crippen molar-refractivity contribution in [2.45, 2.75) is 5.03 Å². The molecule has 0 saturated heterocycles. The molecule has 5 nitrogen and oxygen atoms in total. The second-order valence-corrected chi connectivity index (χ2v) is 7.71. The van der Waals surface area contributed by atoms with Crippen molar-refractivity contribution in [1.82, 2.24) is 14.5 Å². The summed E-state index contributed by atoms with van der Waals surface area (Å²) in [4.78, 5) is 8.12. The van der Waals surface area contributed by atoms with Gasteiger partial charge in [0.2, 0.25) is 0 Å². The lowest BCUT2D eigenvalue weighted by atomic mass is 10.1. The van der Waals surface area contributed by atoms with Crippen LogP contribution in [0.5, 0.6) is 0 Å². The molecule has 3 rings (SSSR count). The number of hydrogen-bond donors (Lipinski definition) is 0. The number of rotatable bonds is 3. The monoisotopic (exact) mass is 367 g/mol. The molecule has 0 spiro atoms. The Morgan fingerprint density at radius 1 is 1.09 bits per heavy atom. The van der Waals surface area contributed by atoms with Gasteiger partial charge < -0.3 is 0 Å². The first kappa shape index (κ1) is 16.0. The van der Waals surface area contributed by atoms with E-state index in [1.807, 2.05) is 0 Å². The van der Waals surface area contributed by atoms with Gasteiger partial charge in [-0.25, -0.2) is 18.4 Å². The number of nitrogens with zero attached hydrogens (tertiary/aromatic N) is 3. The quantitative estimate of drug-likeness (QED) is 0.708. The molecule has 0 atom stereocenters. The van der Waals surface area contributed by atoms with E-state index in [0.29, 0.717) is 15.7 Å². The van der Waals surface area contributed by atoms with Gasteiger partial charge in [0.05, 0.1) is 35.1 Å². The first-order chi connectivity index (χ1) is 10.9. The Kier molecular flexibility index (Phi) is 4.14. The van der Waals surface area contributed by atoms with E-state index in [2.05, 4.69) is 9.97 Å². The molecule has 118 valence electrons. The second kappa shape index (κ2) is 5.96. The maximum absolute atomic E-state index is 11.5. The van der Waals surface area contributed by atoms with Crippen molar-refractivity contribution in [3.05, 3.63) is 59.1 Å². The van der Waals surface area contributed by atoms with Gasteiger partial charge in [-0.1, -0.05) is 23.2 Å². The third-order valence-electron chi connectivity index (χ3n) is 3.22. The summed E-state index contributed by atoms with van der Waals surface area (Å²) in [5.74, 6) is 0. The topological polar surface area (TPSA) is 64.8 Å². The molecule has 0 amide bonds. The van der Waals surface area contributed by atoms with Gasteiger partial charge >= 0.3 is 0 Å². The van der Waals surface area contributed by atoms with E-state index in [-0.39, 0.29) is 5.03 Å².